The number of hydrogen-bond donors (Lipinski definition) is 0. The van der Waals surface area contributed by atoms with E-state index >= 15 is 0 Å². The van der Waals surface area contributed by atoms with Gasteiger partial charge in [0, 0.05) is 0 Å². The van der Waals surface area contributed by atoms with E-state index in [4.69, 9.17) is 0 Å². The summed E-state index contributed by atoms with van der Waals surface area (Å²) < 4.78 is 72.5. The average Bonchev–Trinajstić information content (AvgIpc) is 2.53. The number of alkyl halides is 6. The normalized spacial score (nSPS) is 13.0. The molecule has 2 aromatic carbocycles. The topological polar surface area (TPSA) is 0 Å². The van der Waals surface area contributed by atoms with E-state index in [2.05, 4.69) is 0 Å². The third-order valence-electron chi connectivity index (χ3n) is 3.76. The Morgan fingerprint density at radius 1 is 0.800 bits per heavy atom. The molecule has 138 valence electrons. The van der Waals surface area contributed by atoms with Crippen molar-refractivity contribution in [2.24, 2.45) is 0 Å². The van der Waals surface area contributed by atoms with Crippen molar-refractivity contribution in [3.63, 3.8) is 0 Å². The van der Waals surface area contributed by atoms with Crippen LogP contribution in [0.15, 0.2) is 48.5 Å². The third kappa shape index (κ3) is 6.80. The molecule has 6 heteroatoms. The molecule has 1 atom stereocenters. The van der Waals surface area contributed by atoms with Gasteiger partial charge in [0.2, 0.25) is 0 Å². The van der Waals surface area contributed by atoms with Crippen LogP contribution < -0.4 is 0 Å². The van der Waals surface area contributed by atoms with E-state index in [1.807, 2.05) is 13.8 Å². The zero-order chi connectivity index (χ0) is 19.3. The van der Waals surface area contributed by atoms with E-state index < -0.39 is 23.5 Å². The fourth-order valence-electron chi connectivity index (χ4n) is 2.06. The van der Waals surface area contributed by atoms with Crippen LogP contribution in [-0.2, 0) is 12.4 Å². The number of hydrogen-bond acceptors (Lipinski definition) is 0. The van der Waals surface area contributed by atoms with Gasteiger partial charge in [-0.05, 0) is 43.0 Å². The van der Waals surface area contributed by atoms with E-state index in [0.717, 1.165) is 36.2 Å². The molecule has 0 saturated heterocycles. The van der Waals surface area contributed by atoms with Gasteiger partial charge in [-0.1, -0.05) is 49.7 Å². The Hall–Kier alpha value is -1.98. The van der Waals surface area contributed by atoms with Gasteiger partial charge in [-0.25, -0.2) is 0 Å². The van der Waals surface area contributed by atoms with E-state index in [1.54, 1.807) is 25.1 Å². The lowest BCUT2D eigenvalue weighted by atomic mass is 9.98. The number of halogens is 6. The summed E-state index contributed by atoms with van der Waals surface area (Å²) in [6.07, 6.45) is -7.51. The summed E-state index contributed by atoms with van der Waals surface area (Å²) in [6.45, 7) is 5.65. The molecule has 0 fully saturated rings. The first kappa shape index (κ1) is 21.1. The molecule has 0 aliphatic carbocycles. The average molecular weight is 362 g/mol. The second-order valence-corrected chi connectivity index (χ2v) is 5.80. The van der Waals surface area contributed by atoms with Gasteiger partial charge >= 0.3 is 12.4 Å². The lowest BCUT2D eigenvalue weighted by Crippen LogP contribution is -2.04. The highest BCUT2D eigenvalue weighted by molar-refractivity contribution is 5.26. The van der Waals surface area contributed by atoms with Crippen molar-refractivity contribution in [1.82, 2.24) is 0 Å². The molecular weight excluding hydrogens is 342 g/mol. The molecule has 0 aliphatic rings. The summed E-state index contributed by atoms with van der Waals surface area (Å²) in [5.74, 6) is 0.317. The van der Waals surface area contributed by atoms with Crippen LogP contribution in [0.1, 0.15) is 48.4 Å². The van der Waals surface area contributed by atoms with E-state index in [-0.39, 0.29) is 0 Å². The Morgan fingerprint density at radius 2 is 1.32 bits per heavy atom. The summed E-state index contributed by atoms with van der Waals surface area (Å²) >= 11 is 0. The molecule has 2 rings (SSSR count). The van der Waals surface area contributed by atoms with Gasteiger partial charge in [0.1, 0.15) is 0 Å². The minimum Gasteiger partial charge on any atom is -0.166 e. The first-order valence-corrected chi connectivity index (χ1v) is 7.76. The minimum absolute atomic E-state index is 0.317. The Kier molecular flexibility index (Phi) is 7.08. The SMILES string of the molecule is CCC(C)c1ccc(C(F)(F)F)cc1.Cc1cccc(C(F)(F)F)c1. The molecule has 0 heterocycles. The molecule has 0 radical (unpaired) electrons. The van der Waals surface area contributed by atoms with Crippen LogP contribution >= 0.6 is 0 Å². The first-order chi connectivity index (χ1) is 11.4. The smallest absolute Gasteiger partial charge is 0.166 e. The zero-order valence-corrected chi connectivity index (χ0v) is 14.2. The number of aryl methyl sites for hydroxylation is 1. The molecule has 2 aromatic rings. The van der Waals surface area contributed by atoms with Crippen molar-refractivity contribution in [3.8, 4) is 0 Å². The molecule has 0 nitrogen and oxygen atoms in total. The standard InChI is InChI=1S/C11H13F3.C8H7F3/c1-3-8(2)9-4-6-10(7-5-9)11(12,13)14;1-6-3-2-4-7(5-6)8(9,10)11/h4-8H,3H2,1-2H3;2-5H,1H3. The molecule has 25 heavy (non-hydrogen) atoms. The Morgan fingerprint density at radius 3 is 1.68 bits per heavy atom. The molecule has 0 aromatic heterocycles. The predicted molar refractivity (Wildman–Crippen MR) is 86.3 cm³/mol. The van der Waals surface area contributed by atoms with Crippen molar-refractivity contribution >= 4 is 0 Å². The van der Waals surface area contributed by atoms with Crippen LogP contribution in [0.5, 0.6) is 0 Å². The van der Waals surface area contributed by atoms with Gasteiger partial charge < -0.3 is 0 Å². The van der Waals surface area contributed by atoms with Gasteiger partial charge in [0.15, 0.2) is 0 Å². The highest BCUT2D eigenvalue weighted by Gasteiger charge is 2.30. The molecule has 1 unspecified atom stereocenters. The molecule has 0 aliphatic heterocycles. The van der Waals surface area contributed by atoms with E-state index in [0.29, 0.717) is 11.5 Å². The zero-order valence-electron chi connectivity index (χ0n) is 14.2. The van der Waals surface area contributed by atoms with Gasteiger partial charge in [-0.2, -0.15) is 26.3 Å². The van der Waals surface area contributed by atoms with Gasteiger partial charge in [0.05, 0.1) is 11.1 Å². The molecule has 0 bridgehead atoms. The van der Waals surface area contributed by atoms with Crippen molar-refractivity contribution in [2.45, 2.75) is 45.5 Å². The van der Waals surface area contributed by atoms with Crippen LogP contribution in [0.3, 0.4) is 0 Å². The maximum absolute atomic E-state index is 12.2. The number of benzene rings is 2. The Labute approximate surface area is 143 Å². The van der Waals surface area contributed by atoms with Crippen molar-refractivity contribution < 1.29 is 26.3 Å². The summed E-state index contributed by atoms with van der Waals surface area (Å²) in [5.41, 5.74) is 0.419. The van der Waals surface area contributed by atoms with E-state index in [1.165, 1.54) is 6.07 Å². The lowest BCUT2D eigenvalue weighted by Gasteiger charge is -2.11. The molecular formula is C19H20F6. The van der Waals surface area contributed by atoms with Crippen LogP contribution in [0, 0.1) is 6.92 Å². The van der Waals surface area contributed by atoms with Crippen LogP contribution in [0.2, 0.25) is 0 Å². The largest absolute Gasteiger partial charge is 0.416 e. The summed E-state index contributed by atoms with van der Waals surface area (Å²) in [5, 5.41) is 0. The second-order valence-electron chi connectivity index (χ2n) is 5.80. The summed E-state index contributed by atoms with van der Waals surface area (Å²) in [7, 11) is 0. The molecule has 0 N–H and O–H groups in total. The molecule has 0 amide bonds. The Bertz CT molecular complexity index is 653. The fraction of sp³-hybridized carbons (Fsp3) is 0.368. The van der Waals surface area contributed by atoms with Crippen molar-refractivity contribution in [2.75, 3.05) is 0 Å². The predicted octanol–water partition coefficient (Wildman–Crippen LogP) is 7.23. The number of rotatable bonds is 2. The van der Waals surface area contributed by atoms with Crippen LogP contribution in [0.4, 0.5) is 26.3 Å². The van der Waals surface area contributed by atoms with Gasteiger partial charge in [-0.15, -0.1) is 0 Å². The maximum Gasteiger partial charge on any atom is 0.416 e. The molecule has 0 spiro atoms. The molecule has 0 saturated carbocycles. The third-order valence-corrected chi connectivity index (χ3v) is 3.76. The monoisotopic (exact) mass is 362 g/mol. The first-order valence-electron chi connectivity index (χ1n) is 7.76. The maximum atomic E-state index is 12.2. The van der Waals surface area contributed by atoms with Crippen molar-refractivity contribution in [3.05, 3.63) is 70.8 Å². The Balaban J connectivity index is 0.000000257. The van der Waals surface area contributed by atoms with Crippen LogP contribution in [-0.4, -0.2) is 0 Å². The van der Waals surface area contributed by atoms with Crippen molar-refractivity contribution in [1.29, 1.82) is 0 Å². The second kappa shape index (κ2) is 8.41. The highest BCUT2D eigenvalue weighted by atomic mass is 19.4. The van der Waals surface area contributed by atoms with Gasteiger partial charge in [0.25, 0.3) is 0 Å². The highest BCUT2D eigenvalue weighted by Crippen LogP contribution is 2.30. The quantitative estimate of drug-likeness (QED) is 0.494. The van der Waals surface area contributed by atoms with E-state index in [9.17, 15) is 26.3 Å². The summed E-state index contributed by atoms with van der Waals surface area (Å²) in [6, 6.07) is 10.6. The minimum atomic E-state index is -4.23. The van der Waals surface area contributed by atoms with Gasteiger partial charge in [-0.3, -0.25) is 0 Å². The van der Waals surface area contributed by atoms with Crippen LogP contribution in [0.25, 0.3) is 0 Å². The fourth-order valence-corrected chi connectivity index (χ4v) is 2.06. The lowest BCUT2D eigenvalue weighted by molar-refractivity contribution is -0.138. The summed E-state index contributed by atoms with van der Waals surface area (Å²) in [4.78, 5) is 0.